The maximum absolute atomic E-state index is 10.8. The number of rotatable bonds is 3. The number of pyridine rings is 1. The topological polar surface area (TPSA) is 77.2 Å². The van der Waals surface area contributed by atoms with Crippen LogP contribution in [0.2, 0.25) is 0 Å². The average molecular weight is 260 g/mol. The molecule has 0 aromatic carbocycles. The van der Waals surface area contributed by atoms with E-state index in [0.29, 0.717) is 16.0 Å². The molecule has 0 amide bonds. The molecule has 0 radical (unpaired) electrons. The number of carbonyl (C=O) groups is 1. The highest BCUT2D eigenvalue weighted by atomic mass is 79.9. The molecule has 0 fully saturated rings. The van der Waals surface area contributed by atoms with Gasteiger partial charge in [0.25, 0.3) is 0 Å². The van der Waals surface area contributed by atoms with E-state index in [-0.39, 0.29) is 12.5 Å². The van der Waals surface area contributed by atoms with Crippen LogP contribution in [0.15, 0.2) is 16.7 Å². The maximum atomic E-state index is 10.8. The van der Waals surface area contributed by atoms with Crippen LogP contribution in [0, 0.1) is 0 Å². The van der Waals surface area contributed by atoms with Crippen molar-refractivity contribution in [2.24, 2.45) is 0 Å². The van der Waals surface area contributed by atoms with Crippen molar-refractivity contribution >= 4 is 33.4 Å². The maximum Gasteiger partial charge on any atom is 0.325 e. The number of halogens is 1. The van der Waals surface area contributed by atoms with Crippen molar-refractivity contribution in [3.8, 4) is 0 Å². The molecule has 5 nitrogen and oxygen atoms in total. The fraction of sp³-hybridized carbons (Fsp3) is 0.250. The minimum absolute atomic E-state index is 0.0754. The second-order valence-corrected chi connectivity index (χ2v) is 3.38. The molecule has 0 aliphatic heterocycles. The zero-order chi connectivity index (χ0) is 10.6. The van der Waals surface area contributed by atoms with Crippen LogP contribution in [0.3, 0.4) is 0 Å². The molecule has 0 unspecified atom stereocenters. The molecular formula is C8H10BrN3O2. The number of nitrogens with one attached hydrogen (secondary N) is 1. The summed E-state index contributed by atoms with van der Waals surface area (Å²) >= 11 is 3.26. The molecule has 0 saturated heterocycles. The minimum atomic E-state index is -0.351. The standard InChI is InChI=1S/C8H10BrN3O2/c1-14-7(13)4-12-8-6(9)2-5(10)3-11-8/h2-3H,4,10H2,1H3,(H,11,12). The smallest absolute Gasteiger partial charge is 0.325 e. The Balaban J connectivity index is 2.63. The summed E-state index contributed by atoms with van der Waals surface area (Å²) in [5.41, 5.74) is 6.05. The Bertz CT molecular complexity index is 343. The van der Waals surface area contributed by atoms with Crippen LogP contribution in [0.4, 0.5) is 11.5 Å². The van der Waals surface area contributed by atoms with Gasteiger partial charge in [-0.15, -0.1) is 0 Å². The van der Waals surface area contributed by atoms with Crippen molar-refractivity contribution < 1.29 is 9.53 Å². The normalized spacial score (nSPS) is 9.57. The zero-order valence-electron chi connectivity index (χ0n) is 7.58. The molecule has 0 spiro atoms. The quantitative estimate of drug-likeness (QED) is 0.793. The largest absolute Gasteiger partial charge is 0.468 e. The number of ether oxygens (including phenoxy) is 1. The summed E-state index contributed by atoms with van der Waals surface area (Å²) in [6.45, 7) is 0.0754. The highest BCUT2D eigenvalue weighted by Gasteiger charge is 2.04. The number of aromatic nitrogens is 1. The third-order valence-electron chi connectivity index (χ3n) is 1.49. The molecule has 1 rings (SSSR count). The number of nitrogens with zero attached hydrogens (tertiary/aromatic N) is 1. The number of hydrogen-bond acceptors (Lipinski definition) is 5. The molecular weight excluding hydrogens is 250 g/mol. The lowest BCUT2D eigenvalue weighted by atomic mass is 10.4. The molecule has 1 aromatic heterocycles. The van der Waals surface area contributed by atoms with E-state index in [4.69, 9.17) is 5.73 Å². The first-order chi connectivity index (χ1) is 6.63. The van der Waals surface area contributed by atoms with Crippen LogP contribution in [-0.2, 0) is 9.53 Å². The van der Waals surface area contributed by atoms with E-state index in [1.54, 1.807) is 6.07 Å². The lowest BCUT2D eigenvalue weighted by molar-refractivity contribution is -0.138. The number of anilines is 2. The van der Waals surface area contributed by atoms with Gasteiger partial charge < -0.3 is 15.8 Å². The summed E-state index contributed by atoms with van der Waals surface area (Å²) in [6.07, 6.45) is 1.50. The van der Waals surface area contributed by atoms with E-state index in [2.05, 4.69) is 31.0 Å². The van der Waals surface area contributed by atoms with Crippen LogP contribution in [-0.4, -0.2) is 24.6 Å². The number of nitrogens with two attached hydrogens (primary N) is 1. The highest BCUT2D eigenvalue weighted by Crippen LogP contribution is 2.21. The van der Waals surface area contributed by atoms with E-state index in [1.807, 2.05) is 0 Å². The Kier molecular flexibility index (Phi) is 3.70. The molecule has 6 heteroatoms. The lowest BCUT2D eigenvalue weighted by Gasteiger charge is -2.06. The van der Waals surface area contributed by atoms with Crippen LogP contribution in [0.1, 0.15) is 0 Å². The summed E-state index contributed by atoms with van der Waals surface area (Å²) < 4.78 is 5.18. The van der Waals surface area contributed by atoms with Gasteiger partial charge in [0, 0.05) is 0 Å². The van der Waals surface area contributed by atoms with Crippen LogP contribution in [0.25, 0.3) is 0 Å². The first kappa shape index (κ1) is 10.8. The molecule has 0 atom stereocenters. The van der Waals surface area contributed by atoms with Crippen LogP contribution in [0.5, 0.6) is 0 Å². The van der Waals surface area contributed by atoms with Gasteiger partial charge in [0.1, 0.15) is 12.4 Å². The van der Waals surface area contributed by atoms with E-state index in [1.165, 1.54) is 13.3 Å². The van der Waals surface area contributed by atoms with E-state index < -0.39 is 0 Å². The van der Waals surface area contributed by atoms with Gasteiger partial charge in [-0.2, -0.15) is 0 Å². The fourth-order valence-corrected chi connectivity index (χ4v) is 1.32. The molecule has 14 heavy (non-hydrogen) atoms. The number of methoxy groups -OCH3 is 1. The first-order valence-electron chi connectivity index (χ1n) is 3.85. The third-order valence-corrected chi connectivity index (χ3v) is 2.09. The molecule has 0 bridgehead atoms. The zero-order valence-corrected chi connectivity index (χ0v) is 9.17. The summed E-state index contributed by atoms with van der Waals surface area (Å²) in [4.78, 5) is 14.8. The van der Waals surface area contributed by atoms with Crippen LogP contribution >= 0.6 is 15.9 Å². The van der Waals surface area contributed by atoms with E-state index in [0.717, 1.165) is 0 Å². The molecule has 3 N–H and O–H groups in total. The SMILES string of the molecule is COC(=O)CNc1ncc(N)cc1Br. The Morgan fingerprint density at radius 3 is 3.07 bits per heavy atom. The highest BCUT2D eigenvalue weighted by molar-refractivity contribution is 9.10. The Morgan fingerprint density at radius 1 is 1.79 bits per heavy atom. The summed E-state index contributed by atoms with van der Waals surface area (Å²) in [6, 6.07) is 1.70. The summed E-state index contributed by atoms with van der Waals surface area (Å²) in [7, 11) is 1.33. The lowest BCUT2D eigenvalue weighted by Crippen LogP contribution is -2.16. The van der Waals surface area contributed by atoms with E-state index in [9.17, 15) is 4.79 Å². The van der Waals surface area contributed by atoms with Gasteiger partial charge >= 0.3 is 5.97 Å². The molecule has 76 valence electrons. The third kappa shape index (κ3) is 2.88. The molecule has 0 saturated carbocycles. The number of nitrogen functional groups attached to an aromatic ring is 1. The Morgan fingerprint density at radius 2 is 2.50 bits per heavy atom. The van der Waals surface area contributed by atoms with Crippen molar-refractivity contribution in [2.45, 2.75) is 0 Å². The predicted octanol–water partition coefficient (Wildman–Crippen LogP) is 1.01. The van der Waals surface area contributed by atoms with Gasteiger partial charge in [-0.1, -0.05) is 0 Å². The van der Waals surface area contributed by atoms with E-state index >= 15 is 0 Å². The number of hydrogen-bond donors (Lipinski definition) is 2. The Labute approximate surface area is 89.8 Å². The molecule has 0 aliphatic carbocycles. The van der Waals surface area contributed by atoms with Crippen LogP contribution < -0.4 is 11.1 Å². The summed E-state index contributed by atoms with van der Waals surface area (Å²) in [5, 5.41) is 2.80. The number of carbonyl (C=O) groups excluding carboxylic acids is 1. The monoisotopic (exact) mass is 259 g/mol. The van der Waals surface area contributed by atoms with Crippen molar-refractivity contribution in [3.05, 3.63) is 16.7 Å². The molecule has 1 aromatic rings. The summed E-state index contributed by atoms with van der Waals surface area (Å²) in [5.74, 6) is 0.208. The minimum Gasteiger partial charge on any atom is -0.468 e. The van der Waals surface area contributed by atoms with Crippen molar-refractivity contribution in [1.82, 2.24) is 4.98 Å². The molecule has 1 heterocycles. The van der Waals surface area contributed by atoms with Gasteiger partial charge in [-0.25, -0.2) is 4.98 Å². The Hall–Kier alpha value is -1.30. The predicted molar refractivity (Wildman–Crippen MR) is 56.9 cm³/mol. The fourth-order valence-electron chi connectivity index (χ4n) is 0.811. The van der Waals surface area contributed by atoms with Crippen molar-refractivity contribution in [1.29, 1.82) is 0 Å². The van der Waals surface area contributed by atoms with Crippen molar-refractivity contribution in [2.75, 3.05) is 24.7 Å². The second-order valence-electron chi connectivity index (χ2n) is 2.53. The average Bonchev–Trinajstić information content (AvgIpc) is 2.16. The second kappa shape index (κ2) is 4.80. The van der Waals surface area contributed by atoms with Gasteiger partial charge in [0.05, 0.1) is 23.5 Å². The van der Waals surface area contributed by atoms with Gasteiger partial charge in [0.15, 0.2) is 0 Å². The first-order valence-corrected chi connectivity index (χ1v) is 4.64. The molecule has 0 aliphatic rings. The van der Waals surface area contributed by atoms with Gasteiger partial charge in [0.2, 0.25) is 0 Å². The van der Waals surface area contributed by atoms with Gasteiger partial charge in [-0.3, -0.25) is 4.79 Å². The van der Waals surface area contributed by atoms with Crippen molar-refractivity contribution in [3.63, 3.8) is 0 Å². The number of esters is 1. The van der Waals surface area contributed by atoms with Gasteiger partial charge in [-0.05, 0) is 22.0 Å².